The Kier molecular flexibility index (Phi) is 16.2. The molecule has 3 aliphatic rings. The zero-order valence-electron chi connectivity index (χ0n) is 42.7. The summed E-state index contributed by atoms with van der Waals surface area (Å²) in [6.45, 7) is 17.5. The topological polar surface area (TPSA) is 183 Å². The predicted octanol–water partition coefficient (Wildman–Crippen LogP) is 10.0. The van der Waals surface area contributed by atoms with Crippen molar-refractivity contribution in [1.29, 1.82) is 0 Å². The van der Waals surface area contributed by atoms with Gasteiger partial charge in [0.05, 0.1) is 61.5 Å². The van der Waals surface area contributed by atoms with Crippen LogP contribution >= 0.6 is 0 Å². The molecule has 0 saturated carbocycles. The van der Waals surface area contributed by atoms with Crippen molar-refractivity contribution >= 4 is 40.8 Å². The number of likely N-dealkylation sites (tertiary alicyclic amines) is 2. The first-order valence-electron chi connectivity index (χ1n) is 25.4. The van der Waals surface area contributed by atoms with Gasteiger partial charge in [-0.15, -0.1) is 0 Å². The molecule has 0 radical (unpaired) electrons. The Bertz CT molecular complexity index is 2780. The quantitative estimate of drug-likeness (QED) is 0.0700. The number of allylic oxidation sites excluding steroid dienone is 5. The average Bonchev–Trinajstić information content (AvgIpc) is 4.27. The van der Waals surface area contributed by atoms with E-state index in [1.807, 2.05) is 75.0 Å². The first kappa shape index (κ1) is 51.0. The van der Waals surface area contributed by atoms with Gasteiger partial charge in [0.25, 0.3) is 0 Å². The zero-order chi connectivity index (χ0) is 51.1. The normalized spacial score (nSPS) is 18.2. The summed E-state index contributed by atoms with van der Waals surface area (Å²) in [6, 6.07) is 19.6. The van der Waals surface area contributed by atoms with Gasteiger partial charge < -0.3 is 49.3 Å². The molecule has 380 valence electrons. The van der Waals surface area contributed by atoms with Gasteiger partial charge in [0.1, 0.15) is 23.7 Å². The molecule has 6 heterocycles. The Balaban J connectivity index is 1.03. The first-order chi connectivity index (χ1) is 34.8. The fraction of sp³-hybridized carbons (Fsp3) is 0.429. The fourth-order valence-corrected chi connectivity index (χ4v) is 10.3. The van der Waals surface area contributed by atoms with Crippen LogP contribution in [0.2, 0.25) is 0 Å². The highest BCUT2D eigenvalue weighted by Crippen LogP contribution is 2.37. The number of nitrogens with zero attached hydrogens (tertiary/aromatic N) is 6. The van der Waals surface area contributed by atoms with Crippen LogP contribution in [-0.4, -0.2) is 111 Å². The molecule has 4 N–H and O–H groups in total. The molecule has 4 amide bonds. The van der Waals surface area contributed by atoms with E-state index in [0.717, 1.165) is 89.5 Å². The molecule has 16 heteroatoms. The SMILES string of the molecule is C=C(/C=C\C(=C/C)c1cnc([C@@H]2CCCN2C(=O)[C@@H](NC(=O)OC)C(C)C)[nH]1)c1ccc(-c2ccc(-c3cnc([C@@H]4CCCN4C(=O)[C@@H](NC(=O)OC)C(C)C)[nH]3)cc2)n1-c1ccc(N2CCCCC2)cc1. The lowest BCUT2D eigenvalue weighted by Gasteiger charge is -2.30. The average molecular weight is 979 g/mol. The number of imidazole rings is 2. The highest BCUT2D eigenvalue weighted by molar-refractivity contribution is 5.87. The number of aromatic nitrogens is 5. The van der Waals surface area contributed by atoms with Gasteiger partial charge in [0, 0.05) is 37.6 Å². The smallest absolute Gasteiger partial charge is 0.407 e. The monoisotopic (exact) mass is 979 g/mol. The third kappa shape index (κ3) is 11.1. The van der Waals surface area contributed by atoms with E-state index in [0.29, 0.717) is 24.7 Å². The van der Waals surface area contributed by atoms with Crippen molar-refractivity contribution < 1.29 is 28.7 Å². The van der Waals surface area contributed by atoms with Crippen molar-refractivity contribution in [3.05, 3.63) is 121 Å². The lowest BCUT2D eigenvalue weighted by molar-refractivity contribution is -0.136. The van der Waals surface area contributed by atoms with E-state index in [2.05, 4.69) is 97.3 Å². The molecule has 0 spiro atoms. The number of ether oxygens (including phenoxy) is 2. The second-order valence-corrected chi connectivity index (χ2v) is 19.6. The molecule has 8 rings (SSSR count). The summed E-state index contributed by atoms with van der Waals surface area (Å²) in [6.07, 6.45) is 15.3. The summed E-state index contributed by atoms with van der Waals surface area (Å²) in [5.74, 6) is 0.864. The number of anilines is 1. The number of rotatable bonds is 16. The molecule has 16 nitrogen and oxygen atoms in total. The van der Waals surface area contributed by atoms with Gasteiger partial charge >= 0.3 is 12.2 Å². The maximum absolute atomic E-state index is 13.8. The third-order valence-electron chi connectivity index (χ3n) is 14.3. The minimum Gasteiger partial charge on any atom is -0.453 e. The van der Waals surface area contributed by atoms with Gasteiger partial charge in [-0.3, -0.25) is 9.59 Å². The molecule has 4 atom stereocenters. The standard InChI is InChI=1S/C56H70N10O6/c1-9-38(43-33-57-51(59-43)47-15-13-31-64(47)53(67)49(35(2)3)61-55(69)71-7)18-17-37(6)45-27-28-46(66(45)42-25-23-41(24-26-42)63-29-11-10-12-30-63)40-21-19-39(20-22-40)44-34-58-52(60-44)48-16-14-32-65(48)54(68)50(36(4)5)62-56(70)72-8/h9,17-28,33-36,47-50H,6,10-16,29-32H2,1-5,7-8H3,(H,57,59)(H,58,60)(H,61,69)(H,62,70)/b18-17-,38-9+/t47-,48-,49-,50-/m0/s1. The number of amides is 4. The number of piperidine rings is 1. The molecule has 3 aromatic heterocycles. The van der Waals surface area contributed by atoms with Crippen molar-refractivity contribution in [3.63, 3.8) is 0 Å². The summed E-state index contributed by atoms with van der Waals surface area (Å²) in [4.78, 5) is 74.5. The van der Waals surface area contributed by atoms with Crippen molar-refractivity contribution in [3.8, 4) is 28.2 Å². The number of carbonyl (C=O) groups is 4. The van der Waals surface area contributed by atoms with E-state index in [4.69, 9.17) is 19.4 Å². The van der Waals surface area contributed by atoms with Gasteiger partial charge in [-0.2, -0.15) is 0 Å². The van der Waals surface area contributed by atoms with E-state index in [1.165, 1.54) is 39.2 Å². The Hall–Kier alpha value is -7.36. The predicted molar refractivity (Wildman–Crippen MR) is 281 cm³/mol. The molecular formula is C56H70N10O6. The summed E-state index contributed by atoms with van der Waals surface area (Å²) in [7, 11) is 2.59. The van der Waals surface area contributed by atoms with Gasteiger partial charge in [0.2, 0.25) is 11.8 Å². The highest BCUT2D eigenvalue weighted by Gasteiger charge is 2.39. The van der Waals surface area contributed by atoms with Crippen LogP contribution in [0, 0.1) is 11.8 Å². The van der Waals surface area contributed by atoms with Gasteiger partial charge in [-0.05, 0) is 122 Å². The van der Waals surface area contributed by atoms with Gasteiger partial charge in [0.15, 0.2) is 0 Å². The van der Waals surface area contributed by atoms with Crippen molar-refractivity contribution in [2.75, 3.05) is 45.3 Å². The minimum absolute atomic E-state index is 0.123. The summed E-state index contributed by atoms with van der Waals surface area (Å²) in [5.41, 5.74) is 9.55. The van der Waals surface area contributed by atoms with Gasteiger partial charge in [-0.25, -0.2) is 19.6 Å². The van der Waals surface area contributed by atoms with Gasteiger partial charge in [-0.1, -0.05) is 76.8 Å². The maximum Gasteiger partial charge on any atom is 0.407 e. The largest absolute Gasteiger partial charge is 0.453 e. The molecule has 0 bridgehead atoms. The maximum atomic E-state index is 13.8. The lowest BCUT2D eigenvalue weighted by atomic mass is 10.0. The number of methoxy groups -OCH3 is 2. The molecule has 5 aromatic rings. The van der Waals surface area contributed by atoms with E-state index in [1.54, 1.807) is 0 Å². The van der Waals surface area contributed by atoms with Crippen LogP contribution in [0.3, 0.4) is 0 Å². The number of alkyl carbamates (subject to hydrolysis) is 2. The fourth-order valence-electron chi connectivity index (χ4n) is 10.3. The number of hydrogen-bond acceptors (Lipinski definition) is 9. The third-order valence-corrected chi connectivity index (χ3v) is 14.3. The second-order valence-electron chi connectivity index (χ2n) is 19.6. The number of aromatic amines is 2. The number of nitrogens with one attached hydrogen (secondary N) is 4. The summed E-state index contributed by atoms with van der Waals surface area (Å²) >= 11 is 0. The molecule has 72 heavy (non-hydrogen) atoms. The van der Waals surface area contributed by atoms with Crippen LogP contribution in [-0.2, 0) is 19.1 Å². The molecule has 2 aromatic carbocycles. The van der Waals surface area contributed by atoms with Crippen molar-refractivity contribution in [2.24, 2.45) is 11.8 Å². The summed E-state index contributed by atoms with van der Waals surface area (Å²) in [5, 5.41) is 5.45. The van der Waals surface area contributed by atoms with E-state index in [-0.39, 0.29) is 35.7 Å². The van der Waals surface area contributed by atoms with Crippen LogP contribution in [0.5, 0.6) is 0 Å². The highest BCUT2D eigenvalue weighted by atomic mass is 16.5. The minimum atomic E-state index is -0.715. The first-order valence-corrected chi connectivity index (χ1v) is 25.4. The van der Waals surface area contributed by atoms with Crippen LogP contribution in [0.15, 0.2) is 97.9 Å². The summed E-state index contributed by atoms with van der Waals surface area (Å²) < 4.78 is 11.9. The van der Waals surface area contributed by atoms with E-state index >= 15 is 0 Å². The number of H-pyrrole nitrogens is 2. The molecule has 3 aliphatic heterocycles. The van der Waals surface area contributed by atoms with E-state index < -0.39 is 24.3 Å². The Labute approximate surface area is 423 Å². The molecular weight excluding hydrogens is 909 g/mol. The van der Waals surface area contributed by atoms with Crippen molar-refractivity contribution in [2.45, 2.75) is 104 Å². The Morgan fingerprint density at radius 3 is 1.76 bits per heavy atom. The number of hydrogen-bond donors (Lipinski definition) is 4. The lowest BCUT2D eigenvalue weighted by Crippen LogP contribution is -2.51. The van der Waals surface area contributed by atoms with Crippen molar-refractivity contribution in [1.82, 2.24) is 44.9 Å². The van der Waals surface area contributed by atoms with Crippen LogP contribution < -0.4 is 15.5 Å². The van der Waals surface area contributed by atoms with Crippen LogP contribution in [0.1, 0.15) is 115 Å². The van der Waals surface area contributed by atoms with Crippen LogP contribution in [0.25, 0.3) is 39.3 Å². The Morgan fingerprint density at radius 2 is 1.21 bits per heavy atom. The number of carbonyl (C=O) groups excluding carboxylic acids is 4. The molecule has 0 unspecified atom stereocenters. The molecule has 0 aliphatic carbocycles. The number of benzene rings is 2. The molecule has 3 fully saturated rings. The van der Waals surface area contributed by atoms with Crippen LogP contribution in [0.4, 0.5) is 15.3 Å². The zero-order valence-corrected chi connectivity index (χ0v) is 42.7. The molecule has 3 saturated heterocycles. The van der Waals surface area contributed by atoms with E-state index in [9.17, 15) is 19.2 Å². The second kappa shape index (κ2) is 22.8. The Morgan fingerprint density at radius 1 is 0.667 bits per heavy atom.